The minimum atomic E-state index is -0.336. The number of hydrogen-bond donors (Lipinski definition) is 0. The predicted octanol–water partition coefficient (Wildman–Crippen LogP) is 2.66. The van der Waals surface area contributed by atoms with Gasteiger partial charge in [-0.15, -0.1) is 10.2 Å². The second-order valence-electron chi connectivity index (χ2n) is 5.74. The highest BCUT2D eigenvalue weighted by atomic mass is 16.5. The number of nitrogens with zero attached hydrogens (tertiary/aromatic N) is 5. The molecule has 0 N–H and O–H groups in total. The normalized spacial score (nSPS) is 11.2. The zero-order chi connectivity index (χ0) is 18.0. The first-order valence-electron chi connectivity index (χ1n) is 7.78. The van der Waals surface area contributed by atoms with Crippen LogP contribution in [-0.4, -0.2) is 38.7 Å². The third kappa shape index (κ3) is 3.21. The molecule has 0 spiro atoms. The van der Waals surface area contributed by atoms with Crippen molar-refractivity contribution in [3.8, 4) is 5.69 Å². The highest BCUT2D eigenvalue weighted by Crippen LogP contribution is 2.23. The number of hydrogen-bond acceptors (Lipinski definition) is 5. The molecule has 0 fully saturated rings. The average molecular weight is 337 g/mol. The maximum atomic E-state index is 11.7. The van der Waals surface area contributed by atoms with Crippen LogP contribution >= 0.6 is 0 Å². The summed E-state index contributed by atoms with van der Waals surface area (Å²) < 4.78 is 8.47. The molecule has 0 aliphatic rings. The van der Waals surface area contributed by atoms with Crippen LogP contribution in [0.5, 0.6) is 0 Å². The van der Waals surface area contributed by atoms with Crippen LogP contribution in [0, 0.1) is 20.8 Å². The molecule has 0 saturated carbocycles. The number of benzene rings is 1. The van der Waals surface area contributed by atoms with Crippen molar-refractivity contribution in [3.05, 3.63) is 65.0 Å². The van der Waals surface area contributed by atoms with Gasteiger partial charge in [-0.2, -0.15) is 5.10 Å². The Labute approximate surface area is 145 Å². The number of aryl methyl sites for hydroxylation is 2. The standard InChI is InChI=1S/C18H19N5O2/c1-12-7-15(18(24)25-4)5-6-17(12)23-13(2)8-16(14(23)3)9-21-22-10-19-20-11-22/h5-11H,1-4H3/b21-9-. The summed E-state index contributed by atoms with van der Waals surface area (Å²) in [6, 6.07) is 7.61. The van der Waals surface area contributed by atoms with Gasteiger partial charge in [0, 0.05) is 22.6 Å². The fourth-order valence-electron chi connectivity index (χ4n) is 2.82. The van der Waals surface area contributed by atoms with E-state index >= 15 is 0 Å². The number of ether oxygens (including phenoxy) is 1. The van der Waals surface area contributed by atoms with Gasteiger partial charge in [0.25, 0.3) is 0 Å². The third-order valence-corrected chi connectivity index (χ3v) is 4.07. The quantitative estimate of drug-likeness (QED) is 0.542. The molecule has 0 saturated heterocycles. The molecule has 128 valence electrons. The minimum absolute atomic E-state index is 0.336. The van der Waals surface area contributed by atoms with Gasteiger partial charge in [-0.1, -0.05) is 0 Å². The van der Waals surface area contributed by atoms with Crippen LogP contribution in [0.15, 0.2) is 42.0 Å². The molecule has 25 heavy (non-hydrogen) atoms. The number of carbonyl (C=O) groups is 1. The van der Waals surface area contributed by atoms with Gasteiger partial charge in [0.15, 0.2) is 0 Å². The van der Waals surface area contributed by atoms with Crippen LogP contribution in [0.2, 0.25) is 0 Å². The molecule has 0 bridgehead atoms. The van der Waals surface area contributed by atoms with Crippen molar-refractivity contribution in [3.63, 3.8) is 0 Å². The van der Waals surface area contributed by atoms with Crippen molar-refractivity contribution in [1.82, 2.24) is 19.4 Å². The summed E-state index contributed by atoms with van der Waals surface area (Å²) in [6.07, 6.45) is 4.84. The van der Waals surface area contributed by atoms with Crippen molar-refractivity contribution in [2.24, 2.45) is 5.10 Å². The third-order valence-electron chi connectivity index (χ3n) is 4.07. The van der Waals surface area contributed by atoms with Gasteiger partial charge in [-0.25, -0.2) is 9.47 Å². The Morgan fingerprint density at radius 3 is 2.52 bits per heavy atom. The maximum absolute atomic E-state index is 11.7. The summed E-state index contributed by atoms with van der Waals surface area (Å²) in [4.78, 5) is 11.7. The summed E-state index contributed by atoms with van der Waals surface area (Å²) >= 11 is 0. The molecule has 0 aliphatic heterocycles. The lowest BCUT2D eigenvalue weighted by molar-refractivity contribution is 0.0600. The molecule has 0 amide bonds. The molecule has 7 heteroatoms. The van der Waals surface area contributed by atoms with Crippen LogP contribution in [0.25, 0.3) is 5.69 Å². The first-order chi connectivity index (χ1) is 12.0. The lowest BCUT2D eigenvalue weighted by atomic mass is 10.1. The van der Waals surface area contributed by atoms with Gasteiger partial charge in [-0.05, 0) is 50.6 Å². The lowest BCUT2D eigenvalue weighted by Crippen LogP contribution is -2.06. The van der Waals surface area contributed by atoms with Crippen LogP contribution in [0.3, 0.4) is 0 Å². The first kappa shape index (κ1) is 16.6. The monoisotopic (exact) mass is 337 g/mol. The Morgan fingerprint density at radius 2 is 1.88 bits per heavy atom. The van der Waals surface area contributed by atoms with E-state index in [-0.39, 0.29) is 5.97 Å². The molecule has 3 rings (SSSR count). The van der Waals surface area contributed by atoms with E-state index in [1.807, 2.05) is 32.9 Å². The van der Waals surface area contributed by atoms with E-state index in [2.05, 4.69) is 25.9 Å². The topological polar surface area (TPSA) is 74.3 Å². The molecule has 7 nitrogen and oxygen atoms in total. The first-order valence-corrected chi connectivity index (χ1v) is 7.78. The number of methoxy groups -OCH3 is 1. The number of esters is 1. The van der Waals surface area contributed by atoms with Gasteiger partial charge in [0.1, 0.15) is 12.7 Å². The number of rotatable bonds is 4. The largest absolute Gasteiger partial charge is 0.465 e. The highest BCUT2D eigenvalue weighted by Gasteiger charge is 2.13. The zero-order valence-corrected chi connectivity index (χ0v) is 14.6. The van der Waals surface area contributed by atoms with Crippen molar-refractivity contribution < 1.29 is 9.53 Å². The molecule has 0 unspecified atom stereocenters. The van der Waals surface area contributed by atoms with Crippen LogP contribution in [0.1, 0.15) is 32.9 Å². The Balaban J connectivity index is 1.99. The van der Waals surface area contributed by atoms with E-state index < -0.39 is 0 Å². The van der Waals surface area contributed by atoms with Crippen molar-refractivity contribution >= 4 is 12.2 Å². The van der Waals surface area contributed by atoms with Gasteiger partial charge >= 0.3 is 5.97 Å². The molecular weight excluding hydrogens is 318 g/mol. The van der Waals surface area contributed by atoms with Crippen molar-refractivity contribution in [1.29, 1.82) is 0 Å². The minimum Gasteiger partial charge on any atom is -0.465 e. The number of aromatic nitrogens is 4. The molecule has 1 aromatic carbocycles. The van der Waals surface area contributed by atoms with E-state index in [9.17, 15) is 4.79 Å². The lowest BCUT2D eigenvalue weighted by Gasteiger charge is -2.13. The van der Waals surface area contributed by atoms with Gasteiger partial charge in [0.2, 0.25) is 0 Å². The van der Waals surface area contributed by atoms with Crippen molar-refractivity contribution in [2.45, 2.75) is 20.8 Å². The van der Waals surface area contributed by atoms with E-state index in [0.717, 1.165) is 28.2 Å². The smallest absolute Gasteiger partial charge is 0.337 e. The second kappa shape index (κ2) is 6.72. The molecule has 2 heterocycles. The highest BCUT2D eigenvalue weighted by molar-refractivity contribution is 5.90. The van der Waals surface area contributed by atoms with E-state index in [1.165, 1.54) is 19.8 Å². The second-order valence-corrected chi connectivity index (χ2v) is 5.74. The Bertz CT molecular complexity index is 939. The van der Waals surface area contributed by atoms with E-state index in [4.69, 9.17) is 4.74 Å². The molecule has 2 aromatic heterocycles. The van der Waals surface area contributed by atoms with Crippen LogP contribution in [0.4, 0.5) is 0 Å². The summed E-state index contributed by atoms with van der Waals surface area (Å²) in [5, 5.41) is 11.8. The molecule has 0 atom stereocenters. The SMILES string of the molecule is COC(=O)c1ccc(-n2c(C)cc(/C=N\n3cnnc3)c2C)c(C)c1. The maximum Gasteiger partial charge on any atom is 0.337 e. The summed E-state index contributed by atoms with van der Waals surface area (Å²) in [7, 11) is 1.38. The molecular formula is C18H19N5O2. The van der Waals surface area contributed by atoms with Crippen LogP contribution < -0.4 is 0 Å². The molecule has 0 radical (unpaired) electrons. The van der Waals surface area contributed by atoms with E-state index in [1.54, 1.807) is 17.0 Å². The fraction of sp³-hybridized carbons (Fsp3) is 0.222. The summed E-state index contributed by atoms with van der Waals surface area (Å²) in [6.45, 7) is 6.05. The summed E-state index contributed by atoms with van der Waals surface area (Å²) in [5.41, 5.74) is 5.70. The molecule has 0 aliphatic carbocycles. The van der Waals surface area contributed by atoms with Crippen LogP contribution in [-0.2, 0) is 4.74 Å². The Morgan fingerprint density at radius 1 is 1.16 bits per heavy atom. The number of carbonyl (C=O) groups excluding carboxylic acids is 1. The van der Waals surface area contributed by atoms with Gasteiger partial charge in [0.05, 0.1) is 18.9 Å². The van der Waals surface area contributed by atoms with E-state index in [0.29, 0.717) is 5.56 Å². The van der Waals surface area contributed by atoms with Gasteiger partial charge < -0.3 is 9.30 Å². The Kier molecular flexibility index (Phi) is 4.47. The fourth-order valence-corrected chi connectivity index (χ4v) is 2.82. The molecule has 3 aromatic rings. The predicted molar refractivity (Wildman–Crippen MR) is 94.3 cm³/mol. The zero-order valence-electron chi connectivity index (χ0n) is 14.6. The summed E-state index contributed by atoms with van der Waals surface area (Å²) in [5.74, 6) is -0.336. The Hall–Kier alpha value is -3.22. The van der Waals surface area contributed by atoms with Gasteiger partial charge in [-0.3, -0.25) is 0 Å². The average Bonchev–Trinajstić information content (AvgIpc) is 3.21. The van der Waals surface area contributed by atoms with Crippen molar-refractivity contribution in [2.75, 3.05) is 7.11 Å².